The number of carboxylic acids is 1. The number of carbonyl (C=O) groups excluding carboxylic acids is 1. The van der Waals surface area contributed by atoms with Gasteiger partial charge in [0.2, 0.25) is 5.91 Å². The van der Waals surface area contributed by atoms with E-state index in [4.69, 9.17) is 5.73 Å². The van der Waals surface area contributed by atoms with Gasteiger partial charge >= 0.3 is 5.97 Å². The maximum absolute atomic E-state index is 12.1. The van der Waals surface area contributed by atoms with Crippen LogP contribution in [-0.2, 0) is 9.59 Å². The Labute approximate surface area is 106 Å². The molecule has 0 spiro atoms. The van der Waals surface area contributed by atoms with Gasteiger partial charge in [0.05, 0.1) is 6.04 Å². The second-order valence-electron chi connectivity index (χ2n) is 4.56. The van der Waals surface area contributed by atoms with E-state index in [1.54, 1.807) is 18.7 Å². The molecule has 1 rings (SSSR count). The average molecular weight is 260 g/mol. The van der Waals surface area contributed by atoms with E-state index in [0.29, 0.717) is 19.4 Å². The van der Waals surface area contributed by atoms with Crippen LogP contribution in [0.5, 0.6) is 0 Å². The molecule has 2 atom stereocenters. The maximum Gasteiger partial charge on any atom is 0.329 e. The third-order valence-electron chi connectivity index (χ3n) is 3.32. The summed E-state index contributed by atoms with van der Waals surface area (Å²) in [6, 6.07) is -0.584. The zero-order valence-electron chi connectivity index (χ0n) is 10.3. The van der Waals surface area contributed by atoms with E-state index in [9.17, 15) is 14.7 Å². The van der Waals surface area contributed by atoms with Crippen LogP contribution in [0.1, 0.15) is 26.2 Å². The van der Waals surface area contributed by atoms with Gasteiger partial charge in [0.1, 0.15) is 5.54 Å². The van der Waals surface area contributed by atoms with Crippen molar-refractivity contribution < 1.29 is 14.7 Å². The number of rotatable bonds is 5. The Balaban J connectivity index is 2.71. The summed E-state index contributed by atoms with van der Waals surface area (Å²) in [6.07, 6.45) is 3.77. The third-order valence-corrected chi connectivity index (χ3v) is 3.96. The standard InChI is InChI=1S/C11H20N2O3S/c1-11(10(15)16)5-3-6-13(11)9(14)8(12)4-7-17-2/h8H,3-7,12H2,1-2H3,(H,15,16)/t8-,11?/m1/s1. The van der Waals surface area contributed by atoms with Crippen molar-refractivity contribution in [3.05, 3.63) is 0 Å². The predicted octanol–water partition coefficient (Wildman–Crippen LogP) is 0.532. The maximum atomic E-state index is 12.1. The van der Waals surface area contributed by atoms with Crippen molar-refractivity contribution in [2.45, 2.75) is 37.8 Å². The minimum atomic E-state index is -1.08. The summed E-state index contributed by atoms with van der Waals surface area (Å²) in [7, 11) is 0. The van der Waals surface area contributed by atoms with Crippen molar-refractivity contribution in [2.24, 2.45) is 5.73 Å². The van der Waals surface area contributed by atoms with Crippen LogP contribution in [0.15, 0.2) is 0 Å². The van der Waals surface area contributed by atoms with Crippen LogP contribution >= 0.6 is 11.8 Å². The molecule has 1 aliphatic heterocycles. The van der Waals surface area contributed by atoms with Crippen LogP contribution < -0.4 is 5.73 Å². The van der Waals surface area contributed by atoms with Gasteiger partial charge in [-0.3, -0.25) is 4.79 Å². The first-order chi connectivity index (χ1) is 7.93. The lowest BCUT2D eigenvalue weighted by Crippen LogP contribution is -2.55. The number of amides is 1. The smallest absolute Gasteiger partial charge is 0.329 e. The molecule has 5 nitrogen and oxygen atoms in total. The van der Waals surface area contributed by atoms with E-state index < -0.39 is 17.6 Å². The van der Waals surface area contributed by atoms with Gasteiger partial charge in [-0.15, -0.1) is 0 Å². The predicted molar refractivity (Wildman–Crippen MR) is 68.0 cm³/mol. The number of nitrogens with two attached hydrogens (primary N) is 1. The Bertz CT molecular complexity index is 311. The first kappa shape index (κ1) is 14.3. The van der Waals surface area contributed by atoms with E-state index in [2.05, 4.69) is 0 Å². The second-order valence-corrected chi connectivity index (χ2v) is 5.55. The van der Waals surface area contributed by atoms with Crippen molar-refractivity contribution >= 4 is 23.6 Å². The van der Waals surface area contributed by atoms with Gasteiger partial charge in [0.15, 0.2) is 0 Å². The van der Waals surface area contributed by atoms with E-state index >= 15 is 0 Å². The number of aliphatic carboxylic acids is 1. The molecular formula is C11H20N2O3S. The number of nitrogens with zero attached hydrogens (tertiary/aromatic N) is 1. The first-order valence-electron chi connectivity index (χ1n) is 5.73. The lowest BCUT2D eigenvalue weighted by molar-refractivity contribution is -0.155. The van der Waals surface area contributed by atoms with E-state index in [1.165, 1.54) is 4.90 Å². The average Bonchev–Trinajstić information content (AvgIpc) is 2.68. The molecule has 0 radical (unpaired) electrons. The molecule has 0 aliphatic carbocycles. The lowest BCUT2D eigenvalue weighted by Gasteiger charge is -2.33. The summed E-state index contributed by atoms with van der Waals surface area (Å²) < 4.78 is 0. The normalized spacial score (nSPS) is 25.9. The molecule has 0 saturated carbocycles. The van der Waals surface area contributed by atoms with Crippen LogP contribution in [-0.4, -0.2) is 52.0 Å². The van der Waals surface area contributed by atoms with Gasteiger partial charge < -0.3 is 15.7 Å². The van der Waals surface area contributed by atoms with Crippen molar-refractivity contribution in [3.8, 4) is 0 Å². The Kier molecular flexibility index (Phi) is 4.82. The largest absolute Gasteiger partial charge is 0.480 e. The monoisotopic (exact) mass is 260 g/mol. The zero-order valence-corrected chi connectivity index (χ0v) is 11.1. The molecule has 3 N–H and O–H groups in total. The summed E-state index contributed by atoms with van der Waals surface area (Å²) in [5.74, 6) is -0.369. The summed E-state index contributed by atoms with van der Waals surface area (Å²) >= 11 is 1.63. The molecule has 0 aromatic carbocycles. The minimum Gasteiger partial charge on any atom is -0.480 e. The fourth-order valence-corrected chi connectivity index (χ4v) is 2.60. The van der Waals surface area contributed by atoms with Gasteiger partial charge in [0.25, 0.3) is 0 Å². The summed E-state index contributed by atoms with van der Waals surface area (Å²) in [5.41, 5.74) is 4.73. The number of hydrogen-bond donors (Lipinski definition) is 2. The molecule has 0 aromatic rings. The van der Waals surface area contributed by atoms with Gasteiger partial charge in [-0.2, -0.15) is 11.8 Å². The van der Waals surface area contributed by atoms with Crippen molar-refractivity contribution in [2.75, 3.05) is 18.6 Å². The fourth-order valence-electron chi connectivity index (χ4n) is 2.11. The van der Waals surface area contributed by atoms with Crippen LogP contribution in [0.4, 0.5) is 0 Å². The number of carboxylic acid groups (broad SMARTS) is 1. The van der Waals surface area contributed by atoms with Gasteiger partial charge in [-0.05, 0) is 38.2 Å². The molecule has 1 aliphatic rings. The minimum absolute atomic E-state index is 0.235. The molecule has 17 heavy (non-hydrogen) atoms. The molecular weight excluding hydrogens is 240 g/mol. The number of hydrogen-bond acceptors (Lipinski definition) is 4. The van der Waals surface area contributed by atoms with Crippen LogP contribution in [0, 0.1) is 0 Å². The van der Waals surface area contributed by atoms with Gasteiger partial charge in [-0.1, -0.05) is 0 Å². The Hall–Kier alpha value is -0.750. The van der Waals surface area contributed by atoms with Crippen molar-refractivity contribution in [1.29, 1.82) is 0 Å². The van der Waals surface area contributed by atoms with Gasteiger partial charge in [-0.25, -0.2) is 4.79 Å². The van der Waals surface area contributed by atoms with Crippen LogP contribution in [0.25, 0.3) is 0 Å². The number of carbonyl (C=O) groups is 2. The molecule has 0 aromatic heterocycles. The highest BCUT2D eigenvalue weighted by atomic mass is 32.2. The van der Waals surface area contributed by atoms with E-state index in [0.717, 1.165) is 12.2 Å². The lowest BCUT2D eigenvalue weighted by atomic mass is 9.98. The zero-order chi connectivity index (χ0) is 13.1. The number of likely N-dealkylation sites (tertiary alicyclic amines) is 1. The summed E-state index contributed by atoms with van der Waals surface area (Å²) in [5, 5.41) is 9.21. The molecule has 1 amide bonds. The Morgan fingerprint density at radius 2 is 2.24 bits per heavy atom. The highest BCUT2D eigenvalue weighted by Gasteiger charge is 2.46. The molecule has 98 valence electrons. The summed E-state index contributed by atoms with van der Waals surface area (Å²) in [6.45, 7) is 2.09. The molecule has 1 unspecified atom stereocenters. The third kappa shape index (κ3) is 2.93. The SMILES string of the molecule is CSCC[C@@H](N)C(=O)N1CCCC1(C)C(=O)O. The van der Waals surface area contributed by atoms with Gasteiger partial charge in [0, 0.05) is 6.54 Å². The molecule has 1 fully saturated rings. The molecule has 0 bridgehead atoms. The van der Waals surface area contributed by atoms with E-state index in [-0.39, 0.29) is 5.91 Å². The molecule has 1 heterocycles. The highest BCUT2D eigenvalue weighted by Crippen LogP contribution is 2.29. The second kappa shape index (κ2) is 5.73. The Morgan fingerprint density at radius 1 is 1.59 bits per heavy atom. The van der Waals surface area contributed by atoms with E-state index in [1.807, 2.05) is 6.26 Å². The fraction of sp³-hybridized carbons (Fsp3) is 0.818. The quantitative estimate of drug-likeness (QED) is 0.753. The number of thioether (sulfide) groups is 1. The molecule has 6 heteroatoms. The summed E-state index contributed by atoms with van der Waals surface area (Å²) in [4.78, 5) is 24.8. The molecule has 1 saturated heterocycles. The topological polar surface area (TPSA) is 83.6 Å². The highest BCUT2D eigenvalue weighted by molar-refractivity contribution is 7.98. The van der Waals surface area contributed by atoms with Crippen molar-refractivity contribution in [3.63, 3.8) is 0 Å². The Morgan fingerprint density at radius 3 is 2.76 bits per heavy atom. The van der Waals surface area contributed by atoms with Crippen LogP contribution in [0.3, 0.4) is 0 Å². The van der Waals surface area contributed by atoms with Crippen LogP contribution in [0.2, 0.25) is 0 Å². The first-order valence-corrected chi connectivity index (χ1v) is 7.12. The van der Waals surface area contributed by atoms with Crippen molar-refractivity contribution in [1.82, 2.24) is 4.90 Å².